The molecule has 0 atom stereocenters. The van der Waals surface area contributed by atoms with Crippen LogP contribution in [0.1, 0.15) is 62.1 Å². The van der Waals surface area contributed by atoms with E-state index >= 15 is 0 Å². The number of unbranched alkanes of at least 4 members (excludes halogenated alkanes) is 2. The van der Waals surface area contributed by atoms with Crippen LogP contribution < -0.4 is 5.84 Å². The topological polar surface area (TPSA) is 38.4 Å². The Morgan fingerprint density at radius 2 is 1.73 bits per heavy atom. The van der Waals surface area contributed by atoms with E-state index in [1.54, 1.807) is 5.56 Å². The van der Waals surface area contributed by atoms with Crippen LogP contribution in [0, 0.1) is 0 Å². The van der Waals surface area contributed by atoms with Gasteiger partial charge in [-0.3, -0.25) is 0 Å². The van der Waals surface area contributed by atoms with Gasteiger partial charge in [0.1, 0.15) is 0 Å². The number of nitrogens with two attached hydrogens (primary N) is 1. The van der Waals surface area contributed by atoms with Gasteiger partial charge in [-0.25, -0.2) is 0 Å². The summed E-state index contributed by atoms with van der Waals surface area (Å²) >= 11 is 0. The number of aryl methyl sites for hydroxylation is 2. The molecule has 22 heavy (non-hydrogen) atoms. The fourth-order valence-corrected chi connectivity index (χ4v) is 3.49. The summed E-state index contributed by atoms with van der Waals surface area (Å²) in [4.78, 5) is 0. The molecule has 116 valence electrons. The molecule has 2 nitrogen and oxygen atoms in total. The number of hydrogen-bond acceptors (Lipinski definition) is 2. The summed E-state index contributed by atoms with van der Waals surface area (Å²) in [6.07, 6.45) is 9.71. The van der Waals surface area contributed by atoms with Gasteiger partial charge < -0.3 is 5.84 Å². The molecule has 0 saturated heterocycles. The van der Waals surface area contributed by atoms with Crippen molar-refractivity contribution < 1.29 is 0 Å². The summed E-state index contributed by atoms with van der Waals surface area (Å²) in [6, 6.07) is 11.4. The van der Waals surface area contributed by atoms with Crippen LogP contribution >= 0.6 is 0 Å². The Labute approximate surface area is 133 Å². The third-order valence-electron chi connectivity index (χ3n) is 4.81. The Morgan fingerprint density at radius 1 is 1.00 bits per heavy atom. The quantitative estimate of drug-likeness (QED) is 0.360. The zero-order valence-electron chi connectivity index (χ0n) is 13.6. The van der Waals surface area contributed by atoms with Gasteiger partial charge >= 0.3 is 0 Å². The van der Waals surface area contributed by atoms with Crippen LogP contribution in [0.25, 0.3) is 10.8 Å². The smallest absolute Gasteiger partial charge is 0.0672 e. The fourth-order valence-electron chi connectivity index (χ4n) is 3.49. The summed E-state index contributed by atoms with van der Waals surface area (Å²) in [6.45, 7) is 2.22. The molecule has 0 bridgehead atoms. The first-order valence-corrected chi connectivity index (χ1v) is 8.64. The lowest BCUT2D eigenvalue weighted by Crippen LogP contribution is -2.05. The van der Waals surface area contributed by atoms with Crippen LogP contribution in [0.15, 0.2) is 35.4 Å². The second-order valence-electron chi connectivity index (χ2n) is 6.42. The monoisotopic (exact) mass is 294 g/mol. The molecule has 1 aliphatic carbocycles. The molecule has 3 rings (SSSR count). The highest BCUT2D eigenvalue weighted by Crippen LogP contribution is 2.27. The highest BCUT2D eigenvalue weighted by molar-refractivity contribution is 6.03. The number of nitrogens with zero attached hydrogens (tertiary/aromatic N) is 1. The molecule has 0 saturated carbocycles. The second-order valence-corrected chi connectivity index (χ2v) is 6.42. The average Bonchev–Trinajstić information content (AvgIpc) is 2.56. The van der Waals surface area contributed by atoms with E-state index in [2.05, 4.69) is 42.4 Å². The Balaban J connectivity index is 1.91. The Morgan fingerprint density at radius 3 is 2.41 bits per heavy atom. The lowest BCUT2D eigenvalue weighted by atomic mass is 9.88. The van der Waals surface area contributed by atoms with E-state index in [0.717, 1.165) is 18.6 Å². The minimum absolute atomic E-state index is 0.973. The van der Waals surface area contributed by atoms with E-state index in [4.69, 9.17) is 5.84 Å². The van der Waals surface area contributed by atoms with Crippen molar-refractivity contribution in [2.75, 3.05) is 0 Å². The SMILES string of the molecule is CCCCCC(=NN)c1ccc2cc3c(cc2c1)CCCC3. The van der Waals surface area contributed by atoms with Crippen LogP contribution in [0.3, 0.4) is 0 Å². The standard InChI is InChI=1S/C20H26N2/c1-2-3-4-9-20(22-21)18-11-10-17-12-15-7-5-6-8-16(15)13-19(17)14-18/h10-14H,2-9,21H2,1H3. The zero-order chi connectivity index (χ0) is 15.4. The largest absolute Gasteiger partial charge is 0.323 e. The molecular weight excluding hydrogens is 268 g/mol. The predicted octanol–water partition coefficient (Wildman–Crippen LogP) is 4.96. The van der Waals surface area contributed by atoms with Crippen molar-refractivity contribution in [2.45, 2.75) is 58.3 Å². The summed E-state index contributed by atoms with van der Waals surface area (Å²) in [5.74, 6) is 5.63. The van der Waals surface area contributed by atoms with Crippen molar-refractivity contribution in [1.82, 2.24) is 0 Å². The third-order valence-corrected chi connectivity index (χ3v) is 4.81. The molecular formula is C20H26N2. The fraction of sp³-hybridized carbons (Fsp3) is 0.450. The predicted molar refractivity (Wildman–Crippen MR) is 95.5 cm³/mol. The molecule has 0 fully saturated rings. The first-order valence-electron chi connectivity index (χ1n) is 8.64. The van der Waals surface area contributed by atoms with Gasteiger partial charge in [0, 0.05) is 0 Å². The Bertz CT molecular complexity index is 685. The minimum atomic E-state index is 0.973. The van der Waals surface area contributed by atoms with E-state index in [9.17, 15) is 0 Å². The van der Waals surface area contributed by atoms with E-state index in [0.29, 0.717) is 0 Å². The molecule has 2 N–H and O–H groups in total. The van der Waals surface area contributed by atoms with Gasteiger partial charge in [-0.05, 0) is 72.1 Å². The van der Waals surface area contributed by atoms with Gasteiger partial charge in [0.2, 0.25) is 0 Å². The molecule has 2 aromatic rings. The van der Waals surface area contributed by atoms with E-state index in [1.807, 2.05) is 0 Å². The summed E-state index contributed by atoms with van der Waals surface area (Å²) in [7, 11) is 0. The second kappa shape index (κ2) is 6.95. The molecule has 1 aliphatic rings. The molecule has 0 spiro atoms. The normalized spacial score (nSPS) is 15.0. The maximum Gasteiger partial charge on any atom is 0.0672 e. The van der Waals surface area contributed by atoms with Crippen LogP contribution in [-0.4, -0.2) is 5.71 Å². The first-order chi connectivity index (χ1) is 10.8. The molecule has 2 heteroatoms. The van der Waals surface area contributed by atoms with Crippen LogP contribution in [0.2, 0.25) is 0 Å². The lowest BCUT2D eigenvalue weighted by Gasteiger charge is -2.17. The minimum Gasteiger partial charge on any atom is -0.323 e. The van der Waals surface area contributed by atoms with Crippen molar-refractivity contribution in [2.24, 2.45) is 10.9 Å². The van der Waals surface area contributed by atoms with Crippen LogP contribution in [0.5, 0.6) is 0 Å². The van der Waals surface area contributed by atoms with Gasteiger partial charge in [0.05, 0.1) is 5.71 Å². The van der Waals surface area contributed by atoms with Gasteiger partial charge in [-0.2, -0.15) is 5.10 Å². The molecule has 0 amide bonds. The first kappa shape index (κ1) is 15.1. The average molecular weight is 294 g/mol. The van der Waals surface area contributed by atoms with E-state index in [1.165, 1.54) is 60.4 Å². The molecule has 0 aromatic heterocycles. The van der Waals surface area contributed by atoms with Crippen molar-refractivity contribution >= 4 is 16.5 Å². The van der Waals surface area contributed by atoms with Crippen molar-refractivity contribution in [3.05, 3.63) is 47.0 Å². The highest BCUT2D eigenvalue weighted by Gasteiger charge is 2.11. The van der Waals surface area contributed by atoms with Crippen LogP contribution in [0.4, 0.5) is 0 Å². The highest BCUT2D eigenvalue weighted by atomic mass is 15.1. The van der Waals surface area contributed by atoms with Crippen molar-refractivity contribution in [3.63, 3.8) is 0 Å². The van der Waals surface area contributed by atoms with E-state index in [-0.39, 0.29) is 0 Å². The maximum atomic E-state index is 5.63. The van der Waals surface area contributed by atoms with Gasteiger partial charge in [0.15, 0.2) is 0 Å². The third kappa shape index (κ3) is 3.16. The Kier molecular flexibility index (Phi) is 4.77. The number of rotatable bonds is 5. The van der Waals surface area contributed by atoms with Gasteiger partial charge in [0.25, 0.3) is 0 Å². The summed E-state index contributed by atoms with van der Waals surface area (Å²) in [5.41, 5.74) is 5.30. The van der Waals surface area contributed by atoms with Gasteiger partial charge in [-0.1, -0.05) is 44.0 Å². The molecule has 0 unspecified atom stereocenters. The summed E-state index contributed by atoms with van der Waals surface area (Å²) in [5, 5.41) is 6.71. The molecule has 0 radical (unpaired) electrons. The number of benzene rings is 2. The summed E-state index contributed by atoms with van der Waals surface area (Å²) < 4.78 is 0. The number of hydrazone groups is 1. The lowest BCUT2D eigenvalue weighted by molar-refractivity contribution is 0.687. The van der Waals surface area contributed by atoms with Crippen molar-refractivity contribution in [3.8, 4) is 0 Å². The molecule has 0 aliphatic heterocycles. The van der Waals surface area contributed by atoms with Crippen LogP contribution in [-0.2, 0) is 12.8 Å². The molecule has 0 heterocycles. The van der Waals surface area contributed by atoms with E-state index < -0.39 is 0 Å². The number of hydrogen-bond donors (Lipinski definition) is 1. The maximum absolute atomic E-state index is 5.63. The van der Waals surface area contributed by atoms with Crippen molar-refractivity contribution in [1.29, 1.82) is 0 Å². The Hall–Kier alpha value is -1.83. The molecule has 2 aromatic carbocycles. The zero-order valence-corrected chi connectivity index (χ0v) is 13.6. The number of fused-ring (bicyclic) bond motifs is 2. The van der Waals surface area contributed by atoms with Gasteiger partial charge in [-0.15, -0.1) is 0 Å².